The molecule has 0 radical (unpaired) electrons. The molecule has 0 aromatic heterocycles. The maximum Gasteiger partial charge on any atom is 0.329 e. The summed E-state index contributed by atoms with van der Waals surface area (Å²) in [5, 5.41) is 0. The van der Waals surface area contributed by atoms with Crippen molar-refractivity contribution in [2.75, 3.05) is 0 Å². The van der Waals surface area contributed by atoms with Crippen molar-refractivity contribution < 1.29 is 21.2 Å². The van der Waals surface area contributed by atoms with E-state index in [4.69, 9.17) is 0 Å². The Bertz CT molecular complexity index is 417. The van der Waals surface area contributed by atoms with Crippen molar-refractivity contribution in [3.05, 3.63) is 55.7 Å². The molecular weight excluding hydrogens is 271 g/mol. The minimum Gasteiger partial charge on any atom is -0.173 e. The molecule has 0 saturated carbocycles. The SMILES string of the molecule is [c-]1cccc2c1[I+]c1ccccc1-2. The van der Waals surface area contributed by atoms with E-state index in [2.05, 4.69) is 42.5 Å². The number of hydrogen-bond donors (Lipinski definition) is 0. The monoisotopic (exact) mass is 278 g/mol. The lowest BCUT2D eigenvalue weighted by Crippen LogP contribution is -3.61. The second-order valence-corrected chi connectivity index (χ2v) is 5.75. The van der Waals surface area contributed by atoms with Crippen molar-refractivity contribution in [2.45, 2.75) is 0 Å². The molecule has 1 heterocycles. The molecule has 3 rings (SSSR count). The van der Waals surface area contributed by atoms with Gasteiger partial charge in [-0.2, -0.15) is 18.2 Å². The Morgan fingerprint density at radius 3 is 2.77 bits per heavy atom. The normalized spacial score (nSPS) is 12.3. The summed E-state index contributed by atoms with van der Waals surface area (Å²) in [6.45, 7) is 0. The van der Waals surface area contributed by atoms with E-state index < -0.39 is 0 Å². The number of halogens is 1. The molecule has 0 aliphatic carbocycles. The molecule has 13 heavy (non-hydrogen) atoms. The average Bonchev–Trinajstić information content (AvgIpc) is 2.56. The molecule has 2 aromatic carbocycles. The number of benzene rings is 2. The maximum atomic E-state index is 3.34. The van der Waals surface area contributed by atoms with Crippen LogP contribution in [0.3, 0.4) is 0 Å². The molecule has 0 spiro atoms. The van der Waals surface area contributed by atoms with E-state index in [9.17, 15) is 0 Å². The zero-order valence-corrected chi connectivity index (χ0v) is 9.08. The standard InChI is InChI=1S/C12H7I/c1-3-7-11-9(5-1)10-6-2-4-8-12(10)13-11/h1-7H. The Balaban J connectivity index is 2.32. The van der Waals surface area contributed by atoms with Gasteiger partial charge in [-0.1, -0.05) is 23.8 Å². The second-order valence-electron chi connectivity index (χ2n) is 2.97. The summed E-state index contributed by atoms with van der Waals surface area (Å²) in [5.41, 5.74) is 2.84. The van der Waals surface area contributed by atoms with Crippen LogP contribution >= 0.6 is 0 Å². The van der Waals surface area contributed by atoms with Gasteiger partial charge in [-0.3, -0.25) is 0 Å². The summed E-state index contributed by atoms with van der Waals surface area (Å²) < 4.78 is 2.99. The second kappa shape index (κ2) is 2.84. The van der Waals surface area contributed by atoms with Crippen LogP contribution in [0, 0.1) is 13.2 Å². The van der Waals surface area contributed by atoms with Crippen molar-refractivity contribution >= 4 is 0 Å². The highest BCUT2D eigenvalue weighted by Gasteiger charge is 2.25. The van der Waals surface area contributed by atoms with Gasteiger partial charge in [-0.05, 0) is 11.6 Å². The average molecular weight is 278 g/mol. The third-order valence-electron chi connectivity index (χ3n) is 2.17. The van der Waals surface area contributed by atoms with Crippen molar-refractivity contribution in [3.63, 3.8) is 0 Å². The molecule has 0 nitrogen and oxygen atoms in total. The van der Waals surface area contributed by atoms with Crippen LogP contribution in [0.25, 0.3) is 11.1 Å². The lowest BCUT2D eigenvalue weighted by Gasteiger charge is -1.99. The first-order chi connectivity index (χ1) is 6.45. The minimum atomic E-state index is 0.0472. The molecule has 0 atom stereocenters. The van der Waals surface area contributed by atoms with Gasteiger partial charge in [0.2, 0.25) is 0 Å². The Labute approximate surface area is 87.9 Å². The van der Waals surface area contributed by atoms with Crippen LogP contribution in [0.4, 0.5) is 0 Å². The molecule has 62 valence electrons. The van der Waals surface area contributed by atoms with Crippen LogP contribution in [0.2, 0.25) is 0 Å². The maximum absolute atomic E-state index is 3.34. The highest BCUT2D eigenvalue weighted by Crippen LogP contribution is 2.20. The Hall–Kier alpha value is -0.830. The van der Waals surface area contributed by atoms with E-state index >= 15 is 0 Å². The number of rotatable bonds is 0. The van der Waals surface area contributed by atoms with E-state index in [-0.39, 0.29) is 21.2 Å². The third kappa shape index (κ3) is 1.10. The predicted octanol–water partition coefficient (Wildman–Crippen LogP) is -0.404. The van der Waals surface area contributed by atoms with Crippen LogP contribution in [0.15, 0.2) is 42.5 Å². The first-order valence-electron chi connectivity index (χ1n) is 4.20. The van der Waals surface area contributed by atoms with Gasteiger partial charge in [0.1, 0.15) is 0 Å². The van der Waals surface area contributed by atoms with Crippen LogP contribution in [0.1, 0.15) is 0 Å². The van der Waals surface area contributed by atoms with Gasteiger partial charge in [0.25, 0.3) is 0 Å². The first-order valence-corrected chi connectivity index (χ1v) is 6.36. The van der Waals surface area contributed by atoms with Gasteiger partial charge in [0.15, 0.2) is 3.57 Å². The van der Waals surface area contributed by atoms with Crippen molar-refractivity contribution in [1.29, 1.82) is 0 Å². The van der Waals surface area contributed by atoms with Gasteiger partial charge in [-0.15, -0.1) is 6.07 Å². The lowest BCUT2D eigenvalue weighted by atomic mass is 10.1. The number of fused-ring (bicyclic) bond motifs is 3. The molecule has 0 bridgehead atoms. The molecule has 1 aliphatic heterocycles. The zero-order chi connectivity index (χ0) is 8.67. The minimum absolute atomic E-state index is 0.0472. The van der Waals surface area contributed by atoms with Gasteiger partial charge in [-0.25, -0.2) is 0 Å². The summed E-state index contributed by atoms with van der Waals surface area (Å²) in [6.07, 6.45) is 0. The van der Waals surface area contributed by atoms with Gasteiger partial charge < -0.3 is 0 Å². The predicted molar refractivity (Wildman–Crippen MR) is 48.1 cm³/mol. The quantitative estimate of drug-likeness (QED) is 0.387. The Morgan fingerprint density at radius 2 is 1.77 bits per heavy atom. The smallest absolute Gasteiger partial charge is 0.173 e. The third-order valence-corrected chi connectivity index (χ3v) is 5.12. The van der Waals surface area contributed by atoms with E-state index in [0.717, 1.165) is 0 Å². The molecule has 2 aromatic rings. The van der Waals surface area contributed by atoms with Gasteiger partial charge in [0, 0.05) is 0 Å². The molecule has 1 aliphatic rings. The van der Waals surface area contributed by atoms with Crippen LogP contribution < -0.4 is 21.2 Å². The summed E-state index contributed by atoms with van der Waals surface area (Å²) in [7, 11) is 0. The molecule has 0 amide bonds. The van der Waals surface area contributed by atoms with E-state index in [1.165, 1.54) is 14.7 Å². The zero-order valence-electron chi connectivity index (χ0n) is 6.92. The summed E-state index contributed by atoms with van der Waals surface area (Å²) in [4.78, 5) is 0. The van der Waals surface area contributed by atoms with Crippen LogP contribution in [-0.2, 0) is 0 Å². The molecular formula is C12H7I. The fourth-order valence-corrected chi connectivity index (χ4v) is 4.39. The van der Waals surface area contributed by atoms with Crippen molar-refractivity contribution in [2.24, 2.45) is 0 Å². The fourth-order valence-electron chi connectivity index (χ4n) is 1.57. The molecule has 1 heteroatoms. The van der Waals surface area contributed by atoms with Gasteiger partial charge >= 0.3 is 21.2 Å². The molecule has 0 fully saturated rings. The highest BCUT2D eigenvalue weighted by atomic mass is 127. The lowest BCUT2D eigenvalue weighted by molar-refractivity contribution is -0.590. The summed E-state index contributed by atoms with van der Waals surface area (Å²) in [5.74, 6) is 0. The summed E-state index contributed by atoms with van der Waals surface area (Å²) in [6, 6.07) is 18.4. The molecule has 0 N–H and O–H groups in total. The largest absolute Gasteiger partial charge is 0.329 e. The van der Waals surface area contributed by atoms with E-state index in [0.29, 0.717) is 0 Å². The van der Waals surface area contributed by atoms with Gasteiger partial charge in [0.05, 0.1) is 3.57 Å². The van der Waals surface area contributed by atoms with Crippen LogP contribution in [-0.4, -0.2) is 0 Å². The fraction of sp³-hybridized carbons (Fsp3) is 0. The van der Waals surface area contributed by atoms with E-state index in [1.54, 1.807) is 3.57 Å². The van der Waals surface area contributed by atoms with E-state index in [1.807, 2.05) is 6.07 Å². The molecule has 0 saturated heterocycles. The topological polar surface area (TPSA) is 0 Å². The van der Waals surface area contributed by atoms with Crippen LogP contribution in [0.5, 0.6) is 0 Å². The molecule has 0 unspecified atom stereocenters. The Morgan fingerprint density at radius 1 is 0.923 bits per heavy atom. The first kappa shape index (κ1) is 7.56. The Kier molecular flexibility index (Phi) is 1.65. The van der Waals surface area contributed by atoms with Crippen molar-refractivity contribution in [1.82, 2.24) is 0 Å². The van der Waals surface area contributed by atoms with Crippen molar-refractivity contribution in [3.8, 4) is 11.1 Å². The summed E-state index contributed by atoms with van der Waals surface area (Å²) >= 11 is 0.0472. The number of hydrogen-bond acceptors (Lipinski definition) is 0. The highest BCUT2D eigenvalue weighted by molar-refractivity contribution is 5.64.